The summed E-state index contributed by atoms with van der Waals surface area (Å²) in [6.45, 7) is 3.09. The normalized spacial score (nSPS) is 10.2. The fraction of sp³-hybridized carbons (Fsp3) is 0.462. The van der Waals surface area contributed by atoms with Gasteiger partial charge in [-0.1, -0.05) is 13.0 Å². The maximum Gasteiger partial charge on any atom is 0.336 e. The summed E-state index contributed by atoms with van der Waals surface area (Å²) in [6, 6.07) is 5.11. The molecule has 0 aliphatic rings. The van der Waals surface area contributed by atoms with Gasteiger partial charge >= 0.3 is 5.97 Å². The Labute approximate surface area is 101 Å². The fourth-order valence-corrected chi connectivity index (χ4v) is 1.65. The Morgan fingerprint density at radius 1 is 1.35 bits per heavy atom. The van der Waals surface area contributed by atoms with Gasteiger partial charge in [-0.05, 0) is 18.6 Å². The zero-order chi connectivity index (χ0) is 12.7. The molecule has 1 aromatic rings. The average Bonchev–Trinajstić information content (AvgIpc) is 2.34. The van der Waals surface area contributed by atoms with Crippen molar-refractivity contribution in [3.8, 4) is 5.75 Å². The second kappa shape index (κ2) is 6.91. The van der Waals surface area contributed by atoms with Crippen molar-refractivity contribution >= 4 is 5.97 Å². The third-order valence-electron chi connectivity index (χ3n) is 2.47. The zero-order valence-electron chi connectivity index (χ0n) is 10.2. The highest BCUT2D eigenvalue weighted by atomic mass is 16.5. The van der Waals surface area contributed by atoms with E-state index >= 15 is 0 Å². The summed E-state index contributed by atoms with van der Waals surface area (Å²) >= 11 is 0. The Morgan fingerprint density at radius 2 is 2.12 bits per heavy atom. The van der Waals surface area contributed by atoms with Crippen LogP contribution in [0.4, 0.5) is 0 Å². The van der Waals surface area contributed by atoms with E-state index in [-0.39, 0.29) is 0 Å². The molecule has 4 heteroatoms. The highest BCUT2D eigenvalue weighted by Gasteiger charge is 2.12. The van der Waals surface area contributed by atoms with E-state index in [1.54, 1.807) is 25.3 Å². The third-order valence-corrected chi connectivity index (χ3v) is 2.47. The highest BCUT2D eigenvalue weighted by Crippen LogP contribution is 2.23. The van der Waals surface area contributed by atoms with E-state index < -0.39 is 5.97 Å². The molecule has 0 spiro atoms. The first-order chi connectivity index (χ1) is 8.20. The molecule has 0 saturated heterocycles. The van der Waals surface area contributed by atoms with E-state index in [0.717, 1.165) is 12.0 Å². The zero-order valence-corrected chi connectivity index (χ0v) is 10.2. The van der Waals surface area contributed by atoms with E-state index in [2.05, 4.69) is 0 Å². The number of hydrogen-bond acceptors (Lipinski definition) is 3. The summed E-state index contributed by atoms with van der Waals surface area (Å²) in [4.78, 5) is 11.0. The number of benzene rings is 1. The van der Waals surface area contributed by atoms with Crippen LogP contribution in [0, 0.1) is 0 Å². The average molecular weight is 238 g/mol. The van der Waals surface area contributed by atoms with Crippen LogP contribution in [0.5, 0.6) is 5.75 Å². The van der Waals surface area contributed by atoms with Crippen LogP contribution in [0.3, 0.4) is 0 Å². The van der Waals surface area contributed by atoms with Gasteiger partial charge in [-0.2, -0.15) is 0 Å². The van der Waals surface area contributed by atoms with Gasteiger partial charge in [0.15, 0.2) is 0 Å². The van der Waals surface area contributed by atoms with Crippen LogP contribution in [-0.2, 0) is 11.2 Å². The van der Waals surface area contributed by atoms with Crippen molar-refractivity contribution in [2.24, 2.45) is 0 Å². The van der Waals surface area contributed by atoms with E-state index in [1.165, 1.54) is 0 Å². The van der Waals surface area contributed by atoms with Gasteiger partial charge in [-0.15, -0.1) is 0 Å². The van der Waals surface area contributed by atoms with Gasteiger partial charge in [-0.25, -0.2) is 4.79 Å². The highest BCUT2D eigenvalue weighted by molar-refractivity contribution is 5.90. The number of carboxylic acids is 1. The maximum absolute atomic E-state index is 11.0. The van der Waals surface area contributed by atoms with E-state index in [0.29, 0.717) is 30.9 Å². The molecule has 4 nitrogen and oxygen atoms in total. The molecular weight excluding hydrogens is 220 g/mol. The van der Waals surface area contributed by atoms with Crippen molar-refractivity contribution in [3.05, 3.63) is 29.3 Å². The Kier molecular flexibility index (Phi) is 5.49. The van der Waals surface area contributed by atoms with E-state index in [9.17, 15) is 4.79 Å². The summed E-state index contributed by atoms with van der Waals surface area (Å²) in [5.74, 6) is -0.257. The number of methoxy groups -OCH3 is 1. The SMILES string of the molecule is CCc1c(OCCCOC)cccc1C(=O)O. The van der Waals surface area contributed by atoms with Gasteiger partial charge in [0.1, 0.15) is 5.75 Å². The number of aromatic carboxylic acids is 1. The Balaban J connectivity index is 2.77. The molecule has 1 N–H and O–H groups in total. The molecule has 1 aromatic carbocycles. The first-order valence-corrected chi connectivity index (χ1v) is 5.67. The van der Waals surface area contributed by atoms with E-state index in [4.69, 9.17) is 14.6 Å². The lowest BCUT2D eigenvalue weighted by molar-refractivity contribution is 0.0695. The molecule has 1 rings (SSSR count). The van der Waals surface area contributed by atoms with Gasteiger partial charge in [0.25, 0.3) is 0 Å². The van der Waals surface area contributed by atoms with Crippen LogP contribution in [0.15, 0.2) is 18.2 Å². The number of carboxylic acid groups (broad SMARTS) is 1. The van der Waals surface area contributed by atoms with Crippen molar-refractivity contribution < 1.29 is 19.4 Å². The minimum atomic E-state index is -0.913. The van der Waals surface area contributed by atoms with Crippen molar-refractivity contribution in [2.75, 3.05) is 20.3 Å². The molecule has 0 saturated carbocycles. The minimum Gasteiger partial charge on any atom is -0.493 e. The predicted molar refractivity (Wildman–Crippen MR) is 64.8 cm³/mol. The molecule has 0 amide bonds. The molecule has 94 valence electrons. The number of hydrogen-bond donors (Lipinski definition) is 1. The van der Waals surface area contributed by atoms with Crippen molar-refractivity contribution in [1.29, 1.82) is 0 Å². The standard InChI is InChI=1S/C13H18O4/c1-3-10-11(13(14)15)6-4-7-12(10)17-9-5-8-16-2/h4,6-7H,3,5,8-9H2,1-2H3,(H,14,15). The van der Waals surface area contributed by atoms with Crippen LogP contribution in [-0.4, -0.2) is 31.4 Å². The molecular formula is C13H18O4. The quantitative estimate of drug-likeness (QED) is 0.741. The molecule has 0 fully saturated rings. The van der Waals surface area contributed by atoms with Gasteiger partial charge in [-0.3, -0.25) is 0 Å². The van der Waals surface area contributed by atoms with Gasteiger partial charge in [0.05, 0.1) is 12.2 Å². The molecule has 0 bridgehead atoms. The first-order valence-electron chi connectivity index (χ1n) is 5.67. The molecule has 0 aliphatic heterocycles. The monoisotopic (exact) mass is 238 g/mol. The smallest absolute Gasteiger partial charge is 0.336 e. The second-order valence-corrected chi connectivity index (χ2v) is 3.64. The topological polar surface area (TPSA) is 55.8 Å². The molecule has 0 unspecified atom stereocenters. The second-order valence-electron chi connectivity index (χ2n) is 3.64. The number of carbonyl (C=O) groups is 1. The van der Waals surface area contributed by atoms with Gasteiger partial charge in [0.2, 0.25) is 0 Å². The molecule has 0 aliphatic carbocycles. The summed E-state index contributed by atoms with van der Waals surface area (Å²) in [5, 5.41) is 9.06. The van der Waals surface area contributed by atoms with Crippen molar-refractivity contribution in [2.45, 2.75) is 19.8 Å². The molecule has 17 heavy (non-hydrogen) atoms. The lowest BCUT2D eigenvalue weighted by Gasteiger charge is -2.12. The molecule has 0 heterocycles. The molecule has 0 atom stereocenters. The number of ether oxygens (including phenoxy) is 2. The molecule has 0 radical (unpaired) electrons. The largest absolute Gasteiger partial charge is 0.493 e. The lowest BCUT2D eigenvalue weighted by Crippen LogP contribution is -2.07. The summed E-state index contributed by atoms with van der Waals surface area (Å²) in [6.07, 6.45) is 1.43. The summed E-state index contributed by atoms with van der Waals surface area (Å²) in [7, 11) is 1.64. The maximum atomic E-state index is 11.0. The van der Waals surface area contributed by atoms with Crippen LogP contribution in [0.2, 0.25) is 0 Å². The van der Waals surface area contributed by atoms with Gasteiger partial charge < -0.3 is 14.6 Å². The van der Waals surface area contributed by atoms with Crippen LogP contribution < -0.4 is 4.74 Å². The first kappa shape index (κ1) is 13.5. The minimum absolute atomic E-state index is 0.316. The Bertz CT molecular complexity index is 374. The van der Waals surface area contributed by atoms with Gasteiger partial charge in [0, 0.05) is 25.7 Å². The Morgan fingerprint density at radius 3 is 2.71 bits per heavy atom. The molecule has 0 aromatic heterocycles. The summed E-state index contributed by atoms with van der Waals surface area (Å²) < 4.78 is 10.5. The fourth-order valence-electron chi connectivity index (χ4n) is 1.65. The Hall–Kier alpha value is -1.55. The van der Waals surface area contributed by atoms with Crippen molar-refractivity contribution in [3.63, 3.8) is 0 Å². The number of rotatable bonds is 7. The lowest BCUT2D eigenvalue weighted by atomic mass is 10.0. The summed E-state index contributed by atoms with van der Waals surface area (Å²) in [5.41, 5.74) is 1.06. The third kappa shape index (κ3) is 3.75. The van der Waals surface area contributed by atoms with E-state index in [1.807, 2.05) is 6.92 Å². The van der Waals surface area contributed by atoms with Crippen LogP contribution in [0.25, 0.3) is 0 Å². The van der Waals surface area contributed by atoms with Crippen LogP contribution >= 0.6 is 0 Å². The predicted octanol–water partition coefficient (Wildman–Crippen LogP) is 2.36. The van der Waals surface area contributed by atoms with Crippen LogP contribution in [0.1, 0.15) is 29.3 Å². The van der Waals surface area contributed by atoms with Crippen molar-refractivity contribution in [1.82, 2.24) is 0 Å².